The number of pyridine rings is 1. The molecule has 108 valence electrons. The van der Waals surface area contributed by atoms with Crippen molar-refractivity contribution >= 4 is 23.8 Å². The molecule has 1 aromatic rings. The monoisotopic (exact) mass is 295 g/mol. The number of aromatic nitrogens is 1. The quantitative estimate of drug-likeness (QED) is 0.875. The van der Waals surface area contributed by atoms with Gasteiger partial charge in [-0.1, -0.05) is 13.0 Å². The van der Waals surface area contributed by atoms with Crippen LogP contribution in [0.3, 0.4) is 0 Å². The summed E-state index contributed by atoms with van der Waals surface area (Å²) < 4.78 is 0. The zero-order chi connectivity index (χ0) is 14.5. The first kappa shape index (κ1) is 14.6. The first-order valence-corrected chi connectivity index (χ1v) is 7.56. The molecule has 6 nitrogen and oxygen atoms in total. The highest BCUT2D eigenvalue weighted by Gasteiger charge is 2.34. The Morgan fingerprint density at radius 2 is 2.40 bits per heavy atom. The van der Waals surface area contributed by atoms with E-state index in [2.05, 4.69) is 10.3 Å². The van der Waals surface area contributed by atoms with Crippen LogP contribution in [0.4, 0.5) is 4.79 Å². The number of rotatable bonds is 4. The van der Waals surface area contributed by atoms with Gasteiger partial charge in [0.1, 0.15) is 6.04 Å². The predicted octanol–water partition coefficient (Wildman–Crippen LogP) is 1.31. The van der Waals surface area contributed by atoms with Gasteiger partial charge < -0.3 is 15.3 Å². The zero-order valence-electron chi connectivity index (χ0n) is 11.2. The maximum Gasteiger partial charge on any atom is 0.327 e. The number of aliphatic carboxylic acids is 1. The van der Waals surface area contributed by atoms with Crippen LogP contribution < -0.4 is 5.32 Å². The molecular weight excluding hydrogens is 278 g/mol. The third kappa shape index (κ3) is 3.22. The van der Waals surface area contributed by atoms with E-state index in [4.69, 9.17) is 5.11 Å². The third-order valence-electron chi connectivity index (χ3n) is 3.20. The summed E-state index contributed by atoms with van der Waals surface area (Å²) in [7, 11) is 0. The van der Waals surface area contributed by atoms with Gasteiger partial charge in [0, 0.05) is 11.9 Å². The number of carbonyl (C=O) groups is 2. The van der Waals surface area contributed by atoms with Gasteiger partial charge in [-0.25, -0.2) is 9.59 Å². The van der Waals surface area contributed by atoms with E-state index >= 15 is 0 Å². The Morgan fingerprint density at radius 1 is 1.60 bits per heavy atom. The minimum atomic E-state index is -0.961. The Kier molecular flexibility index (Phi) is 4.84. The van der Waals surface area contributed by atoms with E-state index in [9.17, 15) is 9.59 Å². The lowest BCUT2D eigenvalue weighted by molar-refractivity contribution is -0.140. The number of nitrogens with one attached hydrogen (secondary N) is 1. The molecular formula is C13H17N3O3S. The summed E-state index contributed by atoms with van der Waals surface area (Å²) in [6.45, 7) is 2.34. The molecule has 2 heterocycles. The average Bonchev–Trinajstić information content (AvgIpc) is 2.94. The standard InChI is InChI=1S/C13H17N3O3S/c1-2-9-4-3-5-14-10(9)6-15-13(19)16-8-20-7-11(16)12(17)18/h3-5,11H,2,6-8H2,1H3,(H,15,19)(H,17,18)/t11-/m0/s1. The molecule has 7 heteroatoms. The molecule has 1 fully saturated rings. The molecule has 0 aromatic carbocycles. The summed E-state index contributed by atoms with van der Waals surface area (Å²) in [4.78, 5) is 28.7. The topological polar surface area (TPSA) is 82.5 Å². The van der Waals surface area contributed by atoms with Crippen LogP contribution in [0.5, 0.6) is 0 Å². The van der Waals surface area contributed by atoms with Crippen molar-refractivity contribution < 1.29 is 14.7 Å². The number of hydrogen-bond donors (Lipinski definition) is 2. The summed E-state index contributed by atoms with van der Waals surface area (Å²) >= 11 is 1.44. The number of nitrogens with zero attached hydrogens (tertiary/aromatic N) is 2. The molecule has 0 bridgehead atoms. The van der Waals surface area contributed by atoms with Crippen molar-refractivity contribution in [2.45, 2.75) is 25.9 Å². The van der Waals surface area contributed by atoms with Crippen LogP contribution in [0.15, 0.2) is 18.3 Å². The molecule has 0 saturated carbocycles. The lowest BCUT2D eigenvalue weighted by Gasteiger charge is -2.21. The molecule has 0 spiro atoms. The molecule has 1 aliphatic rings. The smallest absolute Gasteiger partial charge is 0.327 e. The molecule has 0 radical (unpaired) electrons. The van der Waals surface area contributed by atoms with E-state index in [-0.39, 0.29) is 6.03 Å². The molecule has 2 N–H and O–H groups in total. The van der Waals surface area contributed by atoms with E-state index in [0.29, 0.717) is 18.2 Å². The highest BCUT2D eigenvalue weighted by molar-refractivity contribution is 7.99. The Morgan fingerprint density at radius 3 is 3.10 bits per heavy atom. The van der Waals surface area contributed by atoms with Gasteiger partial charge in [-0.3, -0.25) is 4.98 Å². The largest absolute Gasteiger partial charge is 0.480 e. The van der Waals surface area contributed by atoms with E-state index < -0.39 is 12.0 Å². The van der Waals surface area contributed by atoms with Crippen molar-refractivity contribution in [1.29, 1.82) is 0 Å². The summed E-state index contributed by atoms with van der Waals surface area (Å²) in [5, 5.41) is 11.8. The molecule has 0 aliphatic carbocycles. The Hall–Kier alpha value is -1.76. The number of thioether (sulfide) groups is 1. The number of aryl methyl sites for hydroxylation is 1. The predicted molar refractivity (Wildman–Crippen MR) is 76.4 cm³/mol. The Labute approximate surface area is 121 Å². The van der Waals surface area contributed by atoms with Crippen molar-refractivity contribution in [1.82, 2.24) is 15.2 Å². The van der Waals surface area contributed by atoms with Crippen molar-refractivity contribution in [2.75, 3.05) is 11.6 Å². The van der Waals surface area contributed by atoms with Crippen LogP contribution in [0.25, 0.3) is 0 Å². The van der Waals surface area contributed by atoms with Gasteiger partial charge in [0.2, 0.25) is 0 Å². The van der Waals surface area contributed by atoms with Gasteiger partial charge in [-0.15, -0.1) is 11.8 Å². The van der Waals surface area contributed by atoms with Gasteiger partial charge in [-0.2, -0.15) is 0 Å². The second kappa shape index (κ2) is 6.60. The third-order valence-corrected chi connectivity index (χ3v) is 4.21. The summed E-state index contributed by atoms with van der Waals surface area (Å²) in [6, 6.07) is 2.74. The molecule has 0 unspecified atom stereocenters. The molecule has 1 aromatic heterocycles. The normalized spacial score (nSPS) is 18.1. The van der Waals surface area contributed by atoms with E-state index in [1.807, 2.05) is 19.1 Å². The zero-order valence-corrected chi connectivity index (χ0v) is 12.0. The van der Waals surface area contributed by atoms with Crippen LogP contribution in [0.2, 0.25) is 0 Å². The van der Waals surface area contributed by atoms with Gasteiger partial charge >= 0.3 is 12.0 Å². The minimum absolute atomic E-state index is 0.316. The number of carbonyl (C=O) groups excluding carboxylic acids is 1. The highest BCUT2D eigenvalue weighted by Crippen LogP contribution is 2.21. The first-order valence-electron chi connectivity index (χ1n) is 6.41. The molecule has 1 atom stereocenters. The van der Waals surface area contributed by atoms with Crippen LogP contribution >= 0.6 is 11.8 Å². The van der Waals surface area contributed by atoms with Crippen molar-refractivity contribution in [3.8, 4) is 0 Å². The molecule has 2 rings (SSSR count). The number of amides is 2. The van der Waals surface area contributed by atoms with Crippen molar-refractivity contribution in [2.24, 2.45) is 0 Å². The average molecular weight is 295 g/mol. The Balaban J connectivity index is 1.97. The van der Waals surface area contributed by atoms with E-state index in [1.54, 1.807) is 6.20 Å². The van der Waals surface area contributed by atoms with Crippen LogP contribution in [0.1, 0.15) is 18.2 Å². The van der Waals surface area contributed by atoms with Gasteiger partial charge in [-0.05, 0) is 18.1 Å². The number of hydrogen-bond acceptors (Lipinski definition) is 4. The molecule has 1 saturated heterocycles. The maximum absolute atomic E-state index is 12.0. The molecule has 20 heavy (non-hydrogen) atoms. The molecule has 2 amide bonds. The summed E-state index contributed by atoms with van der Waals surface area (Å²) in [6.07, 6.45) is 2.53. The fourth-order valence-electron chi connectivity index (χ4n) is 2.06. The van der Waals surface area contributed by atoms with Crippen molar-refractivity contribution in [3.05, 3.63) is 29.6 Å². The van der Waals surface area contributed by atoms with Gasteiger partial charge in [0.05, 0.1) is 18.1 Å². The van der Waals surface area contributed by atoms with Crippen LogP contribution in [0, 0.1) is 0 Å². The first-order chi connectivity index (χ1) is 9.63. The second-order valence-electron chi connectivity index (χ2n) is 4.45. The minimum Gasteiger partial charge on any atom is -0.480 e. The number of urea groups is 1. The van der Waals surface area contributed by atoms with Gasteiger partial charge in [0.15, 0.2) is 0 Å². The SMILES string of the molecule is CCc1cccnc1CNC(=O)N1CSC[C@H]1C(=O)O. The Bertz CT molecular complexity index is 509. The highest BCUT2D eigenvalue weighted by atomic mass is 32.2. The maximum atomic E-state index is 12.0. The number of carboxylic acid groups (broad SMARTS) is 1. The fraction of sp³-hybridized carbons (Fsp3) is 0.462. The second-order valence-corrected chi connectivity index (χ2v) is 5.44. The van der Waals surface area contributed by atoms with Crippen LogP contribution in [-0.2, 0) is 17.8 Å². The lowest BCUT2D eigenvalue weighted by atomic mass is 10.1. The number of carboxylic acids is 1. The summed E-state index contributed by atoms with van der Waals surface area (Å²) in [5.41, 5.74) is 1.90. The van der Waals surface area contributed by atoms with Crippen LogP contribution in [-0.4, -0.2) is 44.7 Å². The molecule has 1 aliphatic heterocycles. The fourth-order valence-corrected chi connectivity index (χ4v) is 3.21. The van der Waals surface area contributed by atoms with E-state index in [1.165, 1.54) is 16.7 Å². The lowest BCUT2D eigenvalue weighted by Crippen LogP contribution is -2.46. The van der Waals surface area contributed by atoms with Crippen molar-refractivity contribution in [3.63, 3.8) is 0 Å². The summed E-state index contributed by atoms with van der Waals surface area (Å²) in [5.74, 6) is -0.115. The van der Waals surface area contributed by atoms with Gasteiger partial charge in [0.25, 0.3) is 0 Å². The van der Waals surface area contributed by atoms with E-state index in [0.717, 1.165) is 17.7 Å².